The molecule has 0 spiro atoms. The van der Waals surface area contributed by atoms with Crippen LogP contribution in [-0.2, 0) is 11.2 Å². The fourth-order valence-electron chi connectivity index (χ4n) is 4.26. The molecular weight excluding hydrogens is 388 g/mol. The number of nitrogens with one attached hydrogen (secondary N) is 1. The van der Waals surface area contributed by atoms with E-state index in [0.717, 1.165) is 48.1 Å². The van der Waals surface area contributed by atoms with E-state index in [1.807, 2.05) is 49.4 Å². The molecule has 2 aromatic heterocycles. The predicted octanol–water partition coefficient (Wildman–Crippen LogP) is 4.15. The largest absolute Gasteiger partial charge is 0.386 e. The molecule has 0 radical (unpaired) electrons. The van der Waals surface area contributed by atoms with Crippen LogP contribution in [0.5, 0.6) is 0 Å². The molecule has 0 saturated carbocycles. The van der Waals surface area contributed by atoms with Crippen LogP contribution in [0.25, 0.3) is 10.9 Å². The van der Waals surface area contributed by atoms with Gasteiger partial charge in [0, 0.05) is 23.3 Å². The molecule has 6 heteroatoms. The number of anilines is 2. The quantitative estimate of drug-likeness (QED) is 0.575. The van der Waals surface area contributed by atoms with Crippen LogP contribution < -0.4 is 5.32 Å². The summed E-state index contributed by atoms with van der Waals surface area (Å²) in [6.07, 6.45) is 3.73. The second kappa shape index (κ2) is 8.19. The highest BCUT2D eigenvalue weighted by Gasteiger charge is 2.36. The lowest BCUT2D eigenvalue weighted by Crippen LogP contribution is -2.41. The van der Waals surface area contributed by atoms with E-state index in [4.69, 9.17) is 4.98 Å². The van der Waals surface area contributed by atoms with Gasteiger partial charge in [-0.2, -0.15) is 0 Å². The van der Waals surface area contributed by atoms with Gasteiger partial charge in [-0.15, -0.1) is 0 Å². The molecule has 0 aliphatic carbocycles. The summed E-state index contributed by atoms with van der Waals surface area (Å²) >= 11 is 0. The number of aromatic nitrogens is 2. The van der Waals surface area contributed by atoms with Crippen LogP contribution in [0.3, 0.4) is 0 Å². The van der Waals surface area contributed by atoms with Crippen molar-refractivity contribution in [2.75, 3.05) is 25.5 Å². The number of fused-ring (bicyclic) bond motifs is 1. The standard InChI is InChI=1S/C25H32N4O2/c1-24(2,30)18-6-8-20(9-7-18)27-23-15-21-17(16-26-23)5-10-22(28-21)25(3,31)19-11-13-29(4)14-12-19/h5-10,15-16,19,30-31H,11-14H2,1-4H3,(H,26,27). The van der Waals surface area contributed by atoms with E-state index in [1.54, 1.807) is 20.0 Å². The highest BCUT2D eigenvalue weighted by molar-refractivity contribution is 5.81. The summed E-state index contributed by atoms with van der Waals surface area (Å²) in [5.41, 5.74) is 1.42. The highest BCUT2D eigenvalue weighted by Crippen LogP contribution is 2.36. The number of hydrogen-bond acceptors (Lipinski definition) is 6. The van der Waals surface area contributed by atoms with Gasteiger partial charge in [-0.3, -0.25) is 0 Å². The lowest BCUT2D eigenvalue weighted by atomic mass is 9.79. The van der Waals surface area contributed by atoms with Crippen molar-refractivity contribution >= 4 is 22.4 Å². The van der Waals surface area contributed by atoms with Gasteiger partial charge < -0.3 is 20.4 Å². The van der Waals surface area contributed by atoms with Gasteiger partial charge in [-0.25, -0.2) is 9.97 Å². The van der Waals surface area contributed by atoms with Crippen molar-refractivity contribution in [3.05, 3.63) is 59.9 Å². The zero-order chi connectivity index (χ0) is 22.2. The van der Waals surface area contributed by atoms with E-state index < -0.39 is 11.2 Å². The molecular formula is C25H32N4O2. The summed E-state index contributed by atoms with van der Waals surface area (Å²) < 4.78 is 0. The summed E-state index contributed by atoms with van der Waals surface area (Å²) in [5.74, 6) is 0.884. The van der Waals surface area contributed by atoms with Crippen molar-refractivity contribution < 1.29 is 10.2 Å². The monoisotopic (exact) mass is 420 g/mol. The minimum atomic E-state index is -0.959. The molecule has 1 atom stereocenters. The van der Waals surface area contributed by atoms with Crippen molar-refractivity contribution in [3.63, 3.8) is 0 Å². The second-order valence-corrected chi connectivity index (χ2v) is 9.45. The Balaban J connectivity index is 1.57. The third kappa shape index (κ3) is 4.71. The maximum atomic E-state index is 11.3. The molecule has 4 rings (SSSR count). The molecule has 1 aromatic carbocycles. The fraction of sp³-hybridized carbons (Fsp3) is 0.440. The third-order valence-electron chi connectivity index (χ3n) is 6.47. The van der Waals surface area contributed by atoms with Gasteiger partial charge in [-0.05, 0) is 89.5 Å². The summed E-state index contributed by atoms with van der Waals surface area (Å²) in [6, 6.07) is 13.5. The average Bonchev–Trinajstić information content (AvgIpc) is 2.73. The first-order valence-electron chi connectivity index (χ1n) is 10.9. The summed E-state index contributed by atoms with van der Waals surface area (Å²) in [6.45, 7) is 7.42. The van der Waals surface area contributed by atoms with E-state index >= 15 is 0 Å². The highest BCUT2D eigenvalue weighted by atomic mass is 16.3. The van der Waals surface area contributed by atoms with Crippen LogP contribution in [0, 0.1) is 5.92 Å². The van der Waals surface area contributed by atoms with Gasteiger partial charge in [0.1, 0.15) is 11.4 Å². The fourth-order valence-corrected chi connectivity index (χ4v) is 4.26. The Hall–Kier alpha value is -2.54. The van der Waals surface area contributed by atoms with Crippen molar-refractivity contribution in [2.24, 2.45) is 5.92 Å². The van der Waals surface area contributed by atoms with Crippen molar-refractivity contribution in [1.29, 1.82) is 0 Å². The number of benzene rings is 1. The van der Waals surface area contributed by atoms with Gasteiger partial charge in [0.2, 0.25) is 0 Å². The molecule has 1 unspecified atom stereocenters. The normalized spacial score (nSPS) is 18.1. The third-order valence-corrected chi connectivity index (χ3v) is 6.47. The Morgan fingerprint density at radius 2 is 1.68 bits per heavy atom. The summed E-state index contributed by atoms with van der Waals surface area (Å²) in [5, 5.41) is 25.7. The van der Waals surface area contributed by atoms with E-state index in [2.05, 4.69) is 22.2 Å². The minimum absolute atomic E-state index is 0.197. The van der Waals surface area contributed by atoms with Gasteiger partial charge in [-0.1, -0.05) is 12.1 Å². The van der Waals surface area contributed by atoms with Crippen LogP contribution in [0.2, 0.25) is 0 Å². The number of hydrogen-bond donors (Lipinski definition) is 3. The van der Waals surface area contributed by atoms with E-state index in [0.29, 0.717) is 11.5 Å². The van der Waals surface area contributed by atoms with E-state index in [1.165, 1.54) is 0 Å². The molecule has 0 bridgehead atoms. The van der Waals surface area contributed by atoms with Crippen LogP contribution in [0.15, 0.2) is 48.7 Å². The Labute approximate surface area is 184 Å². The maximum Gasteiger partial charge on any atom is 0.132 e. The molecule has 1 aliphatic heterocycles. The van der Waals surface area contributed by atoms with Crippen LogP contribution in [-0.4, -0.2) is 45.2 Å². The van der Waals surface area contributed by atoms with Crippen molar-refractivity contribution in [1.82, 2.24) is 14.9 Å². The number of aliphatic hydroxyl groups is 2. The topological polar surface area (TPSA) is 81.5 Å². The zero-order valence-corrected chi connectivity index (χ0v) is 18.8. The number of likely N-dealkylation sites (tertiary alicyclic amines) is 1. The lowest BCUT2D eigenvalue weighted by Gasteiger charge is -2.38. The van der Waals surface area contributed by atoms with Crippen LogP contribution in [0.1, 0.15) is 44.9 Å². The van der Waals surface area contributed by atoms with E-state index in [9.17, 15) is 10.2 Å². The summed E-state index contributed by atoms with van der Waals surface area (Å²) in [7, 11) is 2.12. The molecule has 3 heterocycles. The maximum absolute atomic E-state index is 11.3. The second-order valence-electron chi connectivity index (χ2n) is 9.45. The Kier molecular flexibility index (Phi) is 5.73. The zero-order valence-electron chi connectivity index (χ0n) is 18.8. The summed E-state index contributed by atoms with van der Waals surface area (Å²) in [4.78, 5) is 11.6. The Morgan fingerprint density at radius 3 is 2.32 bits per heavy atom. The Morgan fingerprint density at radius 1 is 1.00 bits per heavy atom. The van der Waals surface area contributed by atoms with Crippen molar-refractivity contribution in [3.8, 4) is 0 Å². The molecule has 1 fully saturated rings. The molecule has 0 amide bonds. The van der Waals surface area contributed by atoms with Gasteiger partial charge >= 0.3 is 0 Å². The molecule has 3 N–H and O–H groups in total. The average molecular weight is 421 g/mol. The van der Waals surface area contributed by atoms with Gasteiger partial charge in [0.15, 0.2) is 0 Å². The number of rotatable bonds is 5. The van der Waals surface area contributed by atoms with Crippen LogP contribution in [0.4, 0.5) is 11.5 Å². The van der Waals surface area contributed by atoms with Gasteiger partial charge in [0.05, 0.1) is 16.8 Å². The lowest BCUT2D eigenvalue weighted by molar-refractivity contribution is -0.0334. The molecule has 6 nitrogen and oxygen atoms in total. The first kappa shape index (κ1) is 21.7. The number of piperidine rings is 1. The van der Waals surface area contributed by atoms with E-state index in [-0.39, 0.29) is 5.92 Å². The first-order valence-corrected chi connectivity index (χ1v) is 10.9. The van der Waals surface area contributed by atoms with Crippen LogP contribution >= 0.6 is 0 Å². The predicted molar refractivity (Wildman–Crippen MR) is 124 cm³/mol. The SMILES string of the molecule is CN1CCC(C(C)(O)c2ccc3cnc(Nc4ccc(C(C)(C)O)cc4)cc3n2)CC1. The molecule has 31 heavy (non-hydrogen) atoms. The number of pyridine rings is 2. The molecule has 3 aromatic rings. The Bertz CT molecular complexity index is 1050. The van der Waals surface area contributed by atoms with Gasteiger partial charge in [0.25, 0.3) is 0 Å². The molecule has 1 saturated heterocycles. The first-order chi connectivity index (χ1) is 14.6. The number of nitrogens with zero attached hydrogens (tertiary/aromatic N) is 3. The smallest absolute Gasteiger partial charge is 0.132 e. The molecule has 164 valence electrons. The minimum Gasteiger partial charge on any atom is -0.386 e. The molecule has 1 aliphatic rings. The van der Waals surface area contributed by atoms with Crippen molar-refractivity contribution in [2.45, 2.75) is 44.8 Å².